The molecule has 3 aromatic heterocycles. The molecule has 0 unspecified atom stereocenters. The lowest BCUT2D eigenvalue weighted by Crippen LogP contribution is -2.23. The van der Waals surface area contributed by atoms with E-state index in [0.717, 1.165) is 33.4 Å². The van der Waals surface area contributed by atoms with Crippen molar-refractivity contribution in [1.82, 2.24) is 24.7 Å². The van der Waals surface area contributed by atoms with E-state index in [4.69, 9.17) is 11.6 Å². The smallest absolute Gasteiger partial charge is 0.375 e. The van der Waals surface area contributed by atoms with E-state index in [9.17, 15) is 18.0 Å². The van der Waals surface area contributed by atoms with Crippen molar-refractivity contribution in [1.29, 1.82) is 0 Å². The van der Waals surface area contributed by atoms with Gasteiger partial charge in [-0.3, -0.25) is 4.79 Å². The maximum absolute atomic E-state index is 12.7. The van der Waals surface area contributed by atoms with Crippen LogP contribution in [0.5, 0.6) is 0 Å². The van der Waals surface area contributed by atoms with Crippen LogP contribution in [0.2, 0.25) is 5.02 Å². The molecule has 0 aliphatic carbocycles. The number of H-pyrrole nitrogens is 1. The summed E-state index contributed by atoms with van der Waals surface area (Å²) in [7, 11) is 0. The molecule has 0 amide bonds. The Morgan fingerprint density at radius 2 is 2.00 bits per heavy atom. The Balaban J connectivity index is 1.56. The first-order chi connectivity index (χ1) is 14.2. The number of anilines is 1. The van der Waals surface area contributed by atoms with E-state index in [-0.39, 0.29) is 23.1 Å². The third-order valence-corrected chi connectivity index (χ3v) is 4.79. The van der Waals surface area contributed by atoms with Gasteiger partial charge in [0, 0.05) is 6.20 Å². The molecule has 4 rings (SSSR count). The van der Waals surface area contributed by atoms with Gasteiger partial charge in [0.2, 0.25) is 0 Å². The second-order valence-corrected chi connectivity index (χ2v) is 6.88. The molecule has 0 saturated heterocycles. The van der Waals surface area contributed by atoms with E-state index < -0.39 is 17.3 Å². The molecule has 2 N–H and O–H groups in total. The fourth-order valence-electron chi connectivity index (χ4n) is 2.89. The first-order valence-corrected chi connectivity index (χ1v) is 9.11. The Hall–Kier alpha value is -3.40. The molecule has 30 heavy (non-hydrogen) atoms. The molecule has 0 radical (unpaired) electrons. The van der Waals surface area contributed by atoms with Crippen LogP contribution in [0.3, 0.4) is 0 Å². The molecule has 0 atom stereocenters. The molecule has 1 aromatic carbocycles. The highest BCUT2D eigenvalue weighted by Gasteiger charge is 2.30. The molecule has 3 heterocycles. The monoisotopic (exact) mass is 434 g/mol. The quantitative estimate of drug-likeness (QED) is 0.505. The molecule has 154 valence electrons. The highest BCUT2D eigenvalue weighted by Crippen LogP contribution is 2.28. The second-order valence-electron chi connectivity index (χ2n) is 6.50. The molecule has 0 saturated carbocycles. The average Bonchev–Trinajstić information content (AvgIpc) is 3.13. The van der Waals surface area contributed by atoms with Crippen molar-refractivity contribution in [3.8, 4) is 5.82 Å². The molecule has 0 spiro atoms. The van der Waals surface area contributed by atoms with Crippen LogP contribution in [0.25, 0.3) is 16.9 Å². The minimum absolute atomic E-state index is 0.0748. The highest BCUT2D eigenvalue weighted by atomic mass is 35.5. The summed E-state index contributed by atoms with van der Waals surface area (Å²) in [5.74, 6) is 0.568. The number of hydrogen-bond donors (Lipinski definition) is 2. The van der Waals surface area contributed by atoms with Gasteiger partial charge < -0.3 is 10.3 Å². The third kappa shape index (κ3) is 3.73. The van der Waals surface area contributed by atoms with Gasteiger partial charge in [0.25, 0.3) is 5.56 Å². The number of imidazole rings is 1. The average molecular weight is 435 g/mol. The Morgan fingerprint density at radius 1 is 1.20 bits per heavy atom. The first-order valence-electron chi connectivity index (χ1n) is 8.73. The van der Waals surface area contributed by atoms with E-state index in [1.165, 1.54) is 6.20 Å². The summed E-state index contributed by atoms with van der Waals surface area (Å²) in [6, 6.07) is 7.65. The zero-order valence-corrected chi connectivity index (χ0v) is 16.2. The fraction of sp³-hybridized carbons (Fsp3) is 0.158. The summed E-state index contributed by atoms with van der Waals surface area (Å²) in [4.78, 5) is 23.8. The number of rotatable bonds is 4. The van der Waals surface area contributed by atoms with E-state index in [0.29, 0.717) is 12.0 Å². The van der Waals surface area contributed by atoms with E-state index in [1.54, 1.807) is 0 Å². The number of fused-ring (bicyclic) bond motifs is 1. The Morgan fingerprint density at radius 3 is 2.67 bits per heavy atom. The van der Waals surface area contributed by atoms with Gasteiger partial charge >= 0.3 is 6.18 Å². The van der Waals surface area contributed by atoms with E-state index in [1.807, 2.05) is 25.1 Å². The number of para-hydroxylation sites is 1. The van der Waals surface area contributed by atoms with Crippen molar-refractivity contribution in [3.63, 3.8) is 0 Å². The maximum Gasteiger partial charge on any atom is 0.417 e. The maximum atomic E-state index is 12.7. The van der Waals surface area contributed by atoms with E-state index >= 15 is 0 Å². The van der Waals surface area contributed by atoms with Crippen LogP contribution in [0.4, 0.5) is 18.9 Å². The largest absolute Gasteiger partial charge is 0.417 e. The molecular formula is C19H14ClF3N6O. The van der Waals surface area contributed by atoms with Gasteiger partial charge in [-0.15, -0.1) is 0 Å². The molecule has 0 aliphatic rings. The number of alkyl halides is 3. The number of aromatic nitrogens is 5. The second kappa shape index (κ2) is 7.45. The van der Waals surface area contributed by atoms with Crippen LogP contribution in [-0.2, 0) is 12.7 Å². The normalized spacial score (nSPS) is 11.8. The summed E-state index contributed by atoms with van der Waals surface area (Å²) in [6.07, 6.45) is -2.59. The van der Waals surface area contributed by atoms with Crippen LogP contribution in [0, 0.1) is 6.92 Å². The number of halogens is 4. The highest BCUT2D eigenvalue weighted by molar-refractivity contribution is 6.32. The lowest BCUT2D eigenvalue weighted by molar-refractivity contribution is -0.137. The predicted molar refractivity (Wildman–Crippen MR) is 106 cm³/mol. The molecular weight excluding hydrogens is 421 g/mol. The van der Waals surface area contributed by atoms with Gasteiger partial charge in [-0.1, -0.05) is 23.7 Å². The predicted octanol–water partition coefficient (Wildman–Crippen LogP) is 4.10. The van der Waals surface area contributed by atoms with Crippen LogP contribution in [-0.4, -0.2) is 24.7 Å². The van der Waals surface area contributed by atoms with Crippen LogP contribution in [0.15, 0.2) is 47.5 Å². The minimum Gasteiger partial charge on any atom is -0.375 e. The summed E-state index contributed by atoms with van der Waals surface area (Å²) in [5.41, 5.74) is 1.39. The van der Waals surface area contributed by atoms with Crippen LogP contribution >= 0.6 is 11.6 Å². The lowest BCUT2D eigenvalue weighted by atomic mass is 10.2. The Labute approximate surface area is 172 Å². The van der Waals surface area contributed by atoms with Crippen molar-refractivity contribution in [2.45, 2.75) is 19.6 Å². The van der Waals surface area contributed by atoms with Crippen LogP contribution < -0.4 is 10.9 Å². The number of nitrogens with one attached hydrogen (secondary N) is 2. The van der Waals surface area contributed by atoms with Crippen molar-refractivity contribution < 1.29 is 13.2 Å². The Kier molecular flexibility index (Phi) is 4.94. The fourth-order valence-corrected chi connectivity index (χ4v) is 3.08. The number of pyridine rings is 1. The number of aromatic amines is 1. The molecule has 11 heteroatoms. The lowest BCUT2D eigenvalue weighted by Gasteiger charge is -2.10. The third-order valence-electron chi connectivity index (χ3n) is 4.42. The summed E-state index contributed by atoms with van der Waals surface area (Å²) >= 11 is 6.15. The van der Waals surface area contributed by atoms with Crippen molar-refractivity contribution in [2.24, 2.45) is 0 Å². The topological polar surface area (TPSA) is 88.5 Å². The number of benzene rings is 1. The molecule has 4 aromatic rings. The molecule has 0 aliphatic heterocycles. The summed E-state index contributed by atoms with van der Waals surface area (Å²) in [6.45, 7) is 2.22. The van der Waals surface area contributed by atoms with Crippen molar-refractivity contribution in [3.05, 3.63) is 75.1 Å². The van der Waals surface area contributed by atoms with E-state index in [2.05, 4.69) is 25.4 Å². The summed E-state index contributed by atoms with van der Waals surface area (Å²) < 4.78 is 38.8. The van der Waals surface area contributed by atoms with Gasteiger partial charge in [-0.2, -0.15) is 23.0 Å². The molecule has 7 nitrogen and oxygen atoms in total. The number of nitrogens with zero attached hydrogens (tertiary/aromatic N) is 4. The Bertz CT molecular complexity index is 1280. The summed E-state index contributed by atoms with van der Waals surface area (Å²) in [5, 5.41) is 6.77. The molecule has 0 fully saturated rings. The van der Waals surface area contributed by atoms with Gasteiger partial charge in [-0.05, 0) is 30.7 Å². The van der Waals surface area contributed by atoms with Gasteiger partial charge in [-0.25, -0.2) is 9.97 Å². The van der Waals surface area contributed by atoms with Crippen molar-refractivity contribution >= 4 is 28.3 Å². The SMILES string of the molecule is Cc1cccc2[nH]c(CNc3cnn(-c4ccc(C(F)(F)F)cn4)c(=O)c3Cl)nc12. The van der Waals surface area contributed by atoms with Gasteiger partial charge in [0.1, 0.15) is 10.8 Å². The number of hydrogen-bond acceptors (Lipinski definition) is 5. The first kappa shape index (κ1) is 19.9. The minimum atomic E-state index is -4.52. The standard InChI is InChI=1S/C19H14ClF3N6O/c1-10-3-2-4-12-17(10)28-14(27-12)9-24-13-8-26-29(18(30)16(13)20)15-6-5-11(7-25-15)19(21,22)23/h2-8,24H,9H2,1H3,(H,27,28). The van der Waals surface area contributed by atoms with Gasteiger partial charge in [0.05, 0.1) is 35.0 Å². The molecule has 0 bridgehead atoms. The van der Waals surface area contributed by atoms with Gasteiger partial charge in [0.15, 0.2) is 5.82 Å². The van der Waals surface area contributed by atoms with Crippen molar-refractivity contribution in [2.75, 3.05) is 5.32 Å². The number of aryl methyl sites for hydroxylation is 1. The zero-order chi connectivity index (χ0) is 21.5. The zero-order valence-electron chi connectivity index (χ0n) is 15.5. The van der Waals surface area contributed by atoms with Crippen LogP contribution in [0.1, 0.15) is 17.0 Å².